The molecule has 0 saturated carbocycles. The molecule has 13 heavy (non-hydrogen) atoms. The van der Waals surface area contributed by atoms with Gasteiger partial charge in [-0.1, -0.05) is 0 Å². The van der Waals surface area contributed by atoms with Crippen LogP contribution in [-0.2, 0) is 11.8 Å². The van der Waals surface area contributed by atoms with E-state index in [1.165, 1.54) is 16.7 Å². The number of carbonyl (C=O) groups excluding carboxylic acids is 2. The van der Waals surface area contributed by atoms with Gasteiger partial charge in [-0.2, -0.15) is 0 Å². The number of hydrogen-bond acceptors (Lipinski definition) is 3. The van der Waals surface area contributed by atoms with Crippen LogP contribution in [0.1, 0.15) is 16.2 Å². The molecule has 5 heteroatoms. The second-order valence-corrected chi connectivity index (χ2v) is 3.04. The van der Waals surface area contributed by atoms with Gasteiger partial charge in [-0.3, -0.25) is 9.59 Å². The predicted octanol–water partition coefficient (Wildman–Crippen LogP) is 0.852. The molecule has 1 aliphatic rings. The summed E-state index contributed by atoms with van der Waals surface area (Å²) < 4.78 is 1.40. The van der Waals surface area contributed by atoms with E-state index in [-0.39, 0.29) is 11.0 Å². The lowest BCUT2D eigenvalue weighted by Crippen LogP contribution is -2.18. The quantitative estimate of drug-likeness (QED) is 0.578. The standard InChI is InChI=1S/C8H5ClN2O2/c1-11-6-4(10-8(11)9)2-3-5(12)7(6)13/h2-3H,1H3. The van der Waals surface area contributed by atoms with Gasteiger partial charge < -0.3 is 4.57 Å². The summed E-state index contributed by atoms with van der Waals surface area (Å²) in [7, 11) is 1.60. The fraction of sp³-hybridized carbons (Fsp3) is 0.125. The fourth-order valence-corrected chi connectivity index (χ4v) is 1.40. The van der Waals surface area contributed by atoms with Crippen molar-refractivity contribution in [2.45, 2.75) is 0 Å². The summed E-state index contributed by atoms with van der Waals surface area (Å²) in [6.07, 6.45) is 2.69. The molecule has 0 bridgehead atoms. The second kappa shape index (κ2) is 2.53. The summed E-state index contributed by atoms with van der Waals surface area (Å²) in [5.41, 5.74) is 0.717. The molecule has 0 saturated heterocycles. The van der Waals surface area contributed by atoms with E-state index >= 15 is 0 Å². The number of halogens is 1. The van der Waals surface area contributed by atoms with Crippen molar-refractivity contribution in [1.29, 1.82) is 0 Å². The molecular weight excluding hydrogens is 192 g/mol. The minimum atomic E-state index is -0.556. The Labute approximate surface area is 78.8 Å². The summed E-state index contributed by atoms with van der Waals surface area (Å²) in [5, 5.41) is 0.206. The lowest BCUT2D eigenvalue weighted by molar-refractivity contribution is -0.111. The maximum Gasteiger partial charge on any atom is 0.251 e. The lowest BCUT2D eigenvalue weighted by atomic mass is 10.1. The molecule has 4 nitrogen and oxygen atoms in total. The van der Waals surface area contributed by atoms with Crippen LogP contribution >= 0.6 is 11.6 Å². The smallest absolute Gasteiger partial charge is 0.251 e. The zero-order valence-corrected chi connectivity index (χ0v) is 7.50. The van der Waals surface area contributed by atoms with Gasteiger partial charge in [0.2, 0.25) is 11.1 Å². The molecule has 66 valence electrons. The van der Waals surface area contributed by atoms with Crippen molar-refractivity contribution in [3.05, 3.63) is 22.7 Å². The number of hydrogen-bond donors (Lipinski definition) is 0. The Morgan fingerprint density at radius 2 is 2.08 bits per heavy atom. The number of rotatable bonds is 0. The minimum absolute atomic E-state index is 0.206. The van der Waals surface area contributed by atoms with E-state index in [2.05, 4.69) is 4.98 Å². The van der Waals surface area contributed by atoms with E-state index in [0.29, 0.717) is 5.69 Å². The van der Waals surface area contributed by atoms with Crippen LogP contribution in [0.15, 0.2) is 6.08 Å². The van der Waals surface area contributed by atoms with Crippen molar-refractivity contribution < 1.29 is 9.59 Å². The van der Waals surface area contributed by atoms with E-state index < -0.39 is 11.6 Å². The molecule has 0 spiro atoms. The van der Waals surface area contributed by atoms with Gasteiger partial charge in [-0.15, -0.1) is 0 Å². The molecule has 0 aliphatic heterocycles. The zero-order valence-electron chi connectivity index (χ0n) is 6.74. The summed E-state index contributed by atoms with van der Waals surface area (Å²) in [6.45, 7) is 0. The summed E-state index contributed by atoms with van der Waals surface area (Å²) >= 11 is 5.69. The van der Waals surface area contributed by atoms with Crippen LogP contribution in [0.3, 0.4) is 0 Å². The lowest BCUT2D eigenvalue weighted by Gasteiger charge is -2.03. The van der Waals surface area contributed by atoms with Crippen LogP contribution in [0.5, 0.6) is 0 Å². The molecule has 0 aromatic carbocycles. The number of carbonyl (C=O) groups is 2. The van der Waals surface area contributed by atoms with Crippen molar-refractivity contribution in [3.8, 4) is 0 Å². The first-order valence-corrected chi connectivity index (χ1v) is 3.98. The van der Waals surface area contributed by atoms with Crippen LogP contribution < -0.4 is 0 Å². The largest absolute Gasteiger partial charge is 0.314 e. The van der Waals surface area contributed by atoms with E-state index in [4.69, 9.17) is 11.6 Å². The number of ketones is 2. The van der Waals surface area contributed by atoms with Crippen molar-refractivity contribution in [2.75, 3.05) is 0 Å². The van der Waals surface area contributed by atoms with Gasteiger partial charge >= 0.3 is 0 Å². The van der Waals surface area contributed by atoms with Crippen LogP contribution in [0, 0.1) is 0 Å². The molecule has 0 unspecified atom stereocenters. The highest BCUT2D eigenvalue weighted by Crippen LogP contribution is 2.20. The molecule has 0 N–H and O–H groups in total. The summed E-state index contributed by atoms with van der Waals surface area (Å²) in [4.78, 5) is 26.2. The number of Topliss-reactive ketones (excluding diaryl/α,β-unsaturated/α-hetero) is 1. The molecule has 0 radical (unpaired) electrons. The van der Waals surface area contributed by atoms with Crippen molar-refractivity contribution >= 4 is 29.2 Å². The third-order valence-corrected chi connectivity index (χ3v) is 2.24. The monoisotopic (exact) mass is 196 g/mol. The average molecular weight is 197 g/mol. The summed E-state index contributed by atoms with van der Waals surface area (Å²) in [5.74, 6) is -1.09. The average Bonchev–Trinajstić information content (AvgIpc) is 2.37. The molecule has 0 amide bonds. The number of nitrogens with zero attached hydrogens (tertiary/aromatic N) is 2. The molecule has 2 rings (SSSR count). The number of imidazole rings is 1. The van der Waals surface area contributed by atoms with Gasteiger partial charge in [-0.05, 0) is 23.8 Å². The molecule has 0 atom stereocenters. The second-order valence-electron chi connectivity index (χ2n) is 2.70. The van der Waals surface area contributed by atoms with Crippen LogP contribution in [-0.4, -0.2) is 21.1 Å². The first kappa shape index (κ1) is 8.19. The van der Waals surface area contributed by atoms with Gasteiger partial charge in [0.05, 0.1) is 5.69 Å². The molecule has 1 aliphatic carbocycles. The van der Waals surface area contributed by atoms with Crippen molar-refractivity contribution in [3.63, 3.8) is 0 Å². The Kier molecular flexibility index (Phi) is 1.60. The SMILES string of the molecule is Cn1c(Cl)nc2c1C(=O)C(=O)C=C2. The maximum absolute atomic E-state index is 11.3. The highest BCUT2D eigenvalue weighted by atomic mass is 35.5. The summed E-state index contributed by atoms with van der Waals surface area (Å²) in [6, 6.07) is 0. The highest BCUT2D eigenvalue weighted by Gasteiger charge is 2.26. The third kappa shape index (κ3) is 1.02. The van der Waals surface area contributed by atoms with Crippen LogP contribution in [0.4, 0.5) is 0 Å². The highest BCUT2D eigenvalue weighted by molar-refractivity contribution is 6.49. The molecular formula is C8H5ClN2O2. The van der Waals surface area contributed by atoms with Crippen LogP contribution in [0.25, 0.3) is 6.08 Å². The Bertz CT molecular complexity index is 445. The first-order chi connectivity index (χ1) is 6.11. The predicted molar refractivity (Wildman–Crippen MR) is 46.6 cm³/mol. The van der Waals surface area contributed by atoms with Gasteiger partial charge in [0.1, 0.15) is 5.69 Å². The molecule has 1 heterocycles. The van der Waals surface area contributed by atoms with E-state index in [1.54, 1.807) is 7.05 Å². The topological polar surface area (TPSA) is 52.0 Å². The van der Waals surface area contributed by atoms with E-state index in [9.17, 15) is 9.59 Å². The van der Waals surface area contributed by atoms with Gasteiger partial charge in [0, 0.05) is 7.05 Å². The van der Waals surface area contributed by atoms with E-state index in [0.717, 1.165) is 0 Å². The first-order valence-electron chi connectivity index (χ1n) is 3.60. The zero-order chi connectivity index (χ0) is 9.59. The maximum atomic E-state index is 11.3. The number of fused-ring (bicyclic) bond motifs is 1. The van der Waals surface area contributed by atoms with Gasteiger partial charge in [0.25, 0.3) is 5.78 Å². The fourth-order valence-electron chi connectivity index (χ4n) is 1.22. The number of allylic oxidation sites excluding steroid dienone is 1. The number of aromatic nitrogens is 2. The third-order valence-electron chi connectivity index (χ3n) is 1.90. The Hall–Kier alpha value is -1.42. The van der Waals surface area contributed by atoms with Gasteiger partial charge in [-0.25, -0.2) is 4.98 Å². The van der Waals surface area contributed by atoms with Crippen molar-refractivity contribution in [1.82, 2.24) is 9.55 Å². The van der Waals surface area contributed by atoms with Crippen molar-refractivity contribution in [2.24, 2.45) is 7.05 Å². The normalized spacial score (nSPS) is 14.9. The van der Waals surface area contributed by atoms with E-state index in [1.807, 2.05) is 0 Å². The molecule has 1 aromatic rings. The Morgan fingerprint density at radius 3 is 2.77 bits per heavy atom. The van der Waals surface area contributed by atoms with Crippen LogP contribution in [0.2, 0.25) is 5.28 Å². The molecule has 1 aromatic heterocycles. The minimum Gasteiger partial charge on any atom is -0.314 e. The molecule has 0 fully saturated rings. The Balaban J connectivity index is 2.73. The van der Waals surface area contributed by atoms with Gasteiger partial charge in [0.15, 0.2) is 0 Å². The Morgan fingerprint density at radius 1 is 1.38 bits per heavy atom.